The van der Waals surface area contributed by atoms with E-state index < -0.39 is 48.4 Å². The highest BCUT2D eigenvalue weighted by Crippen LogP contribution is 2.36. The summed E-state index contributed by atoms with van der Waals surface area (Å²) >= 11 is 0. The van der Waals surface area contributed by atoms with E-state index in [4.69, 9.17) is 20.4 Å². The molecule has 0 unspecified atom stereocenters. The van der Waals surface area contributed by atoms with Crippen molar-refractivity contribution in [2.75, 3.05) is 76.4 Å². The lowest BCUT2D eigenvalue weighted by molar-refractivity contribution is -0.121. The van der Waals surface area contributed by atoms with Gasteiger partial charge in [-0.05, 0) is 84.6 Å². The highest BCUT2D eigenvalue weighted by Gasteiger charge is 2.44. The van der Waals surface area contributed by atoms with Crippen molar-refractivity contribution in [1.29, 1.82) is 0 Å². The molecule has 0 bridgehead atoms. The van der Waals surface area contributed by atoms with E-state index in [-0.39, 0.29) is 76.7 Å². The number of hydrogen-bond donors (Lipinski definition) is 0. The minimum atomic E-state index is -2.77. The summed E-state index contributed by atoms with van der Waals surface area (Å²) in [6.45, 7) is -2.25. The van der Waals surface area contributed by atoms with E-state index >= 15 is 0 Å². The van der Waals surface area contributed by atoms with E-state index in [0.717, 1.165) is 20.7 Å². The number of piperidine rings is 2. The number of benzene rings is 2. The molecule has 2 fully saturated rings. The van der Waals surface area contributed by atoms with Gasteiger partial charge < -0.3 is 29.1 Å². The second-order valence-electron chi connectivity index (χ2n) is 14.6. The number of carbonyl (C=O) groups is 2. The number of anilines is 2. The Morgan fingerprint density at radius 3 is 1.20 bits per heavy atom. The number of tetrazole rings is 2. The molecule has 0 N–H and O–H groups in total. The predicted octanol–water partition coefficient (Wildman–Crippen LogP) is 3.19. The molecule has 336 valence electrons. The molecule has 0 aliphatic carbocycles. The lowest BCUT2D eigenvalue weighted by atomic mass is 9.85. The maximum absolute atomic E-state index is 13.0. The first kappa shape index (κ1) is 38.0. The van der Waals surface area contributed by atoms with Crippen LogP contribution in [0.4, 0.5) is 11.4 Å². The number of aryl methyl sites for hydroxylation is 4. The fourth-order valence-electron chi connectivity index (χ4n) is 7.63. The fourth-order valence-corrected chi connectivity index (χ4v) is 7.63. The molecule has 6 rings (SSSR count). The topological polar surface area (TPSA) is 171 Å². The van der Waals surface area contributed by atoms with Crippen molar-refractivity contribution >= 4 is 35.6 Å². The number of hydrogen-bond acceptors (Lipinski definition) is 12. The van der Waals surface area contributed by atoms with Crippen LogP contribution in [0.25, 0.3) is 0 Å². The largest absolute Gasteiger partial charge is 0.382 e. The zero-order chi connectivity index (χ0) is 50.3. The molecular weight excluding hydrogens is 804 g/mol. The van der Waals surface area contributed by atoms with E-state index in [2.05, 4.69) is 20.9 Å². The normalized spacial score (nSPS) is 19.1. The predicted molar refractivity (Wildman–Crippen MR) is 236 cm³/mol. The highest BCUT2D eigenvalue weighted by atomic mass is 35.5. The Hall–Kier alpha value is -4.75. The summed E-state index contributed by atoms with van der Waals surface area (Å²) in [6.07, 6.45) is 2.01. The Bertz CT molecular complexity index is 2240. The van der Waals surface area contributed by atoms with E-state index in [0.29, 0.717) is 47.9 Å². The molecule has 2 aromatic carbocycles. The average Bonchev–Trinajstić information content (AvgIpc) is 3.91. The molecule has 0 saturated carbocycles. The Morgan fingerprint density at radius 2 is 0.918 bits per heavy atom. The van der Waals surface area contributed by atoms with Crippen molar-refractivity contribution in [3.63, 3.8) is 0 Å². The number of ether oxygens (including phenoxy) is 2. The van der Waals surface area contributed by atoms with Crippen LogP contribution < -0.4 is 21.2 Å². The minimum absolute atomic E-state index is 0. The number of nitrogens with zero attached hydrogens (tertiary/aromatic N) is 12. The number of para-hydroxylation sites is 2. The van der Waals surface area contributed by atoms with Gasteiger partial charge in [-0.25, -0.2) is 9.59 Å². The third-order valence-electron chi connectivity index (χ3n) is 10.8. The first-order chi connectivity index (χ1) is 32.1. The Kier molecular flexibility index (Phi) is 14.6. The second-order valence-corrected chi connectivity index (χ2v) is 14.6. The lowest BCUT2D eigenvalue weighted by Crippen LogP contribution is -2.60. The van der Waals surface area contributed by atoms with Crippen LogP contribution in [0.2, 0.25) is 0 Å². The van der Waals surface area contributed by atoms with E-state index in [1.165, 1.54) is 9.80 Å². The van der Waals surface area contributed by atoms with E-state index in [1.54, 1.807) is 51.7 Å². The summed E-state index contributed by atoms with van der Waals surface area (Å²) in [6, 6.07) is 18.6. The quantitative estimate of drug-likeness (QED) is 0.143. The molecule has 19 heteroatoms. The molecule has 2 aliphatic rings. The maximum atomic E-state index is 13.0. The van der Waals surface area contributed by atoms with Crippen LogP contribution in [0.1, 0.15) is 77.2 Å². The SMILES string of the molecule is Cl.[2H]C([2H])(N1CCC(COC)(N(C(=O)CC)c2ccccc2)CC1)C([2H])([2H])n1nnn(CC)c1=O.[2H]C([2H])(N1CCC(COC)(N(C(=O)CC)c2ccccc2)CC1)C([2H])([2H])n1nnn(CC)c1=O. The van der Waals surface area contributed by atoms with Crippen LogP contribution in [0.3, 0.4) is 0 Å². The molecule has 0 spiro atoms. The lowest BCUT2D eigenvalue weighted by Gasteiger charge is -2.48. The molecule has 4 heterocycles. The average molecular weight is 878 g/mol. The van der Waals surface area contributed by atoms with Gasteiger partial charge in [0.25, 0.3) is 0 Å². The number of carbonyl (C=O) groups excluding carboxylic acids is 2. The fraction of sp³-hybridized carbons (Fsp3) is 0.619. The molecule has 2 aromatic heterocycles. The van der Waals surface area contributed by atoms with Gasteiger partial charge in [0, 0.05) is 96.2 Å². The van der Waals surface area contributed by atoms with Gasteiger partial charge >= 0.3 is 11.4 Å². The summed E-state index contributed by atoms with van der Waals surface area (Å²) in [5, 5.41) is 14.4. The van der Waals surface area contributed by atoms with Gasteiger partial charge in [-0.15, -0.1) is 12.4 Å². The summed E-state index contributed by atoms with van der Waals surface area (Å²) in [5.41, 5.74) is -1.59. The van der Waals surface area contributed by atoms with Crippen LogP contribution >= 0.6 is 12.4 Å². The van der Waals surface area contributed by atoms with Crippen molar-refractivity contribution in [3.8, 4) is 0 Å². The van der Waals surface area contributed by atoms with Gasteiger partial charge in [0.05, 0.1) is 42.8 Å². The second kappa shape index (κ2) is 23.5. The molecule has 0 radical (unpaired) electrons. The molecular formula is C42H65ClN12O6. The zero-order valence-corrected chi connectivity index (χ0v) is 36.7. The monoisotopic (exact) mass is 877 g/mol. The van der Waals surface area contributed by atoms with Crippen LogP contribution in [-0.2, 0) is 45.1 Å². The van der Waals surface area contributed by atoms with Crippen molar-refractivity contribution in [1.82, 2.24) is 49.4 Å². The van der Waals surface area contributed by atoms with Gasteiger partial charge in [0.2, 0.25) is 11.8 Å². The molecule has 2 saturated heterocycles. The molecule has 4 aromatic rings. The van der Waals surface area contributed by atoms with Gasteiger partial charge in [-0.1, -0.05) is 50.2 Å². The number of aromatic nitrogens is 8. The van der Waals surface area contributed by atoms with Crippen molar-refractivity contribution in [3.05, 3.63) is 81.6 Å². The standard InChI is InChI=1S/2C21H32N6O3.ClH/c2*1-4-19(28)27(18-9-7-6-8-10-18)21(17-30-3)11-13-24(14-12-21)15-16-26-20(29)25(5-2)22-23-26;/h2*6-10H,4-5,11-17H2,1-3H3;1H/i2*15D2,16D2;. The van der Waals surface area contributed by atoms with Crippen molar-refractivity contribution in [2.24, 2.45) is 0 Å². The minimum Gasteiger partial charge on any atom is -0.382 e. The third kappa shape index (κ3) is 11.8. The Morgan fingerprint density at radius 1 is 0.590 bits per heavy atom. The first-order valence-corrected chi connectivity index (χ1v) is 20.4. The molecule has 61 heavy (non-hydrogen) atoms. The molecule has 2 amide bonds. The van der Waals surface area contributed by atoms with Crippen LogP contribution in [0, 0.1) is 0 Å². The van der Waals surface area contributed by atoms with Gasteiger partial charge in [0.15, 0.2) is 0 Å². The maximum Gasteiger partial charge on any atom is 0.363 e. The van der Waals surface area contributed by atoms with Crippen molar-refractivity contribution < 1.29 is 30.0 Å². The Labute approximate surface area is 376 Å². The smallest absolute Gasteiger partial charge is 0.363 e. The molecule has 18 nitrogen and oxygen atoms in total. The summed E-state index contributed by atoms with van der Waals surface area (Å²) < 4.78 is 82.1. The van der Waals surface area contributed by atoms with Gasteiger partial charge in [0.1, 0.15) is 0 Å². The van der Waals surface area contributed by atoms with E-state index in [1.807, 2.05) is 60.7 Å². The number of amides is 2. The highest BCUT2D eigenvalue weighted by molar-refractivity contribution is 5.95. The zero-order valence-electron chi connectivity index (χ0n) is 43.9. The number of halogens is 1. The Balaban J connectivity index is 0.000000296. The molecule has 0 atom stereocenters. The first-order valence-electron chi connectivity index (χ1n) is 24.4. The summed E-state index contributed by atoms with van der Waals surface area (Å²) in [7, 11) is 3.13. The molecule has 2 aliphatic heterocycles. The number of likely N-dealkylation sites (tertiary alicyclic amines) is 2. The summed E-state index contributed by atoms with van der Waals surface area (Å²) in [5.74, 6) is -0.143. The van der Waals surface area contributed by atoms with Crippen LogP contribution in [0.15, 0.2) is 70.3 Å². The van der Waals surface area contributed by atoms with Crippen LogP contribution in [0.5, 0.6) is 0 Å². The van der Waals surface area contributed by atoms with E-state index in [9.17, 15) is 19.2 Å². The number of rotatable bonds is 18. The third-order valence-corrected chi connectivity index (χ3v) is 10.8. The van der Waals surface area contributed by atoms with Crippen LogP contribution in [-0.4, -0.2) is 139 Å². The number of methoxy groups -OCH3 is 2. The van der Waals surface area contributed by atoms with Crippen molar-refractivity contribution in [2.45, 2.75) is 103 Å². The summed E-state index contributed by atoms with van der Waals surface area (Å²) in [4.78, 5) is 57.2. The van der Waals surface area contributed by atoms with Gasteiger partial charge in [-0.2, -0.15) is 18.7 Å². The van der Waals surface area contributed by atoms with Gasteiger partial charge in [-0.3, -0.25) is 9.59 Å².